The second kappa shape index (κ2) is 4.61. The van der Waals surface area contributed by atoms with E-state index < -0.39 is 5.56 Å². The molecule has 2 N–H and O–H groups in total. The first-order valence-electron chi connectivity index (χ1n) is 5.09. The maximum Gasteiger partial charge on any atom is 0.287 e. The van der Waals surface area contributed by atoms with Crippen LogP contribution >= 0.6 is 0 Å². The fourth-order valence-electron chi connectivity index (χ4n) is 1.45. The van der Waals surface area contributed by atoms with Crippen molar-refractivity contribution in [2.75, 3.05) is 5.32 Å². The Morgan fingerprint density at radius 3 is 2.65 bits per heavy atom. The van der Waals surface area contributed by atoms with Gasteiger partial charge in [0.2, 0.25) is 5.91 Å². The van der Waals surface area contributed by atoms with E-state index in [4.69, 9.17) is 0 Å². The molecule has 0 radical (unpaired) electrons. The van der Waals surface area contributed by atoms with E-state index in [1.54, 1.807) is 6.07 Å². The van der Waals surface area contributed by atoms with Crippen molar-refractivity contribution < 1.29 is 4.79 Å². The fraction of sp³-hybridized carbons (Fsp3) is 0.0833. The summed E-state index contributed by atoms with van der Waals surface area (Å²) in [6.07, 6.45) is 0. The summed E-state index contributed by atoms with van der Waals surface area (Å²) in [6.45, 7) is 1.35. The molecule has 0 aliphatic heterocycles. The predicted molar refractivity (Wildman–Crippen MR) is 64.6 cm³/mol. The van der Waals surface area contributed by atoms with Gasteiger partial charge in [-0.15, -0.1) is 0 Å². The third kappa shape index (κ3) is 2.57. The van der Waals surface area contributed by atoms with E-state index >= 15 is 0 Å². The Morgan fingerprint density at radius 1 is 1.29 bits per heavy atom. The maximum atomic E-state index is 11.4. The molecule has 1 amide bonds. The van der Waals surface area contributed by atoms with Crippen LogP contribution in [-0.2, 0) is 4.79 Å². The number of nitrogens with zero attached hydrogens (tertiary/aromatic N) is 1. The minimum absolute atomic E-state index is 0.200. The number of carbonyl (C=O) groups is 1. The number of H-pyrrole nitrogens is 1. The summed E-state index contributed by atoms with van der Waals surface area (Å²) in [7, 11) is 0. The first-order chi connectivity index (χ1) is 8.16. The monoisotopic (exact) mass is 229 g/mol. The van der Waals surface area contributed by atoms with Crippen molar-refractivity contribution in [3.8, 4) is 11.3 Å². The summed E-state index contributed by atoms with van der Waals surface area (Å²) in [5, 5.41) is 8.74. The average molecular weight is 229 g/mol. The van der Waals surface area contributed by atoms with Crippen molar-refractivity contribution in [1.82, 2.24) is 10.2 Å². The molecule has 5 heteroatoms. The van der Waals surface area contributed by atoms with Gasteiger partial charge in [0, 0.05) is 12.5 Å². The van der Waals surface area contributed by atoms with Crippen molar-refractivity contribution in [2.45, 2.75) is 6.92 Å². The maximum absolute atomic E-state index is 11.4. The van der Waals surface area contributed by atoms with Gasteiger partial charge in [-0.1, -0.05) is 30.3 Å². The Labute approximate surface area is 97.5 Å². The molecular formula is C12H11N3O2. The van der Waals surface area contributed by atoms with Gasteiger partial charge in [-0.25, -0.2) is 5.10 Å². The van der Waals surface area contributed by atoms with Crippen LogP contribution in [0.3, 0.4) is 0 Å². The van der Waals surface area contributed by atoms with Crippen LogP contribution in [0.25, 0.3) is 11.3 Å². The number of carbonyl (C=O) groups excluding carboxylic acids is 1. The van der Waals surface area contributed by atoms with E-state index in [0.717, 1.165) is 5.56 Å². The normalized spacial score (nSPS) is 9.94. The summed E-state index contributed by atoms with van der Waals surface area (Å²) in [4.78, 5) is 22.3. The third-order valence-corrected chi connectivity index (χ3v) is 2.18. The Balaban J connectivity index is 2.44. The van der Waals surface area contributed by atoms with E-state index in [2.05, 4.69) is 15.5 Å². The van der Waals surface area contributed by atoms with E-state index in [-0.39, 0.29) is 11.6 Å². The summed E-state index contributed by atoms with van der Waals surface area (Å²) >= 11 is 0. The number of amides is 1. The second-order valence-corrected chi connectivity index (χ2v) is 3.54. The molecule has 1 heterocycles. The zero-order chi connectivity index (χ0) is 12.3. The highest BCUT2D eigenvalue weighted by molar-refractivity contribution is 5.88. The summed E-state index contributed by atoms with van der Waals surface area (Å²) < 4.78 is 0. The number of aromatic amines is 1. The molecule has 2 aromatic rings. The standard InChI is InChI=1S/C12H11N3O2/c1-8(16)13-11-7-10(14-15-12(11)17)9-5-3-2-4-6-9/h2-7H,1H3,(H,15,17)(H,13,14,16). The fourth-order valence-corrected chi connectivity index (χ4v) is 1.45. The second-order valence-electron chi connectivity index (χ2n) is 3.54. The van der Waals surface area contributed by atoms with Crippen LogP contribution in [0.2, 0.25) is 0 Å². The predicted octanol–water partition coefficient (Wildman–Crippen LogP) is 1.40. The van der Waals surface area contributed by atoms with Crippen LogP contribution in [0.1, 0.15) is 6.92 Å². The van der Waals surface area contributed by atoms with E-state index in [1.807, 2.05) is 30.3 Å². The van der Waals surface area contributed by atoms with Crippen molar-refractivity contribution in [2.24, 2.45) is 0 Å². The third-order valence-electron chi connectivity index (χ3n) is 2.18. The molecule has 0 saturated heterocycles. The van der Waals surface area contributed by atoms with Crippen LogP contribution in [0.15, 0.2) is 41.2 Å². The lowest BCUT2D eigenvalue weighted by atomic mass is 10.1. The van der Waals surface area contributed by atoms with Crippen molar-refractivity contribution in [3.63, 3.8) is 0 Å². The van der Waals surface area contributed by atoms with Gasteiger partial charge < -0.3 is 5.32 Å². The number of rotatable bonds is 2. The number of benzene rings is 1. The quantitative estimate of drug-likeness (QED) is 0.817. The molecule has 0 aliphatic carbocycles. The highest BCUT2D eigenvalue weighted by Crippen LogP contribution is 2.16. The number of aromatic nitrogens is 2. The smallest absolute Gasteiger partial charge is 0.287 e. The Morgan fingerprint density at radius 2 is 2.00 bits per heavy atom. The summed E-state index contributed by atoms with van der Waals surface area (Å²) in [6, 6.07) is 10.9. The highest BCUT2D eigenvalue weighted by Gasteiger charge is 2.05. The van der Waals surface area contributed by atoms with E-state index in [0.29, 0.717) is 5.69 Å². The molecule has 1 aromatic carbocycles. The molecule has 0 unspecified atom stereocenters. The SMILES string of the molecule is CC(=O)Nc1cc(-c2ccccc2)n[nH]c1=O. The van der Waals surface area contributed by atoms with Crippen LogP contribution in [0.4, 0.5) is 5.69 Å². The minimum atomic E-state index is -0.417. The summed E-state index contributed by atoms with van der Waals surface area (Å²) in [5.74, 6) is -0.291. The van der Waals surface area contributed by atoms with Gasteiger partial charge >= 0.3 is 0 Å². The van der Waals surface area contributed by atoms with Gasteiger partial charge in [0.15, 0.2) is 0 Å². The minimum Gasteiger partial charge on any atom is -0.322 e. The molecule has 0 atom stereocenters. The summed E-state index contributed by atoms with van der Waals surface area (Å²) in [5.41, 5.74) is 1.26. The molecule has 17 heavy (non-hydrogen) atoms. The molecular weight excluding hydrogens is 218 g/mol. The Hall–Kier alpha value is -2.43. The molecule has 0 bridgehead atoms. The number of nitrogens with one attached hydrogen (secondary N) is 2. The Bertz CT molecular complexity index is 590. The Kier molecular flexibility index (Phi) is 3.00. The topological polar surface area (TPSA) is 74.8 Å². The number of hydrogen-bond acceptors (Lipinski definition) is 3. The first kappa shape index (κ1) is 11.1. The first-order valence-corrected chi connectivity index (χ1v) is 5.09. The molecule has 0 spiro atoms. The zero-order valence-electron chi connectivity index (χ0n) is 9.23. The van der Waals surface area contributed by atoms with Gasteiger partial charge in [-0.05, 0) is 6.07 Å². The van der Waals surface area contributed by atoms with Gasteiger partial charge in [-0.2, -0.15) is 5.10 Å². The number of anilines is 1. The number of hydrogen-bond donors (Lipinski definition) is 2. The molecule has 0 saturated carbocycles. The molecule has 2 rings (SSSR count). The van der Waals surface area contributed by atoms with Gasteiger partial charge in [0.25, 0.3) is 5.56 Å². The lowest BCUT2D eigenvalue weighted by Gasteiger charge is -2.03. The molecule has 86 valence electrons. The van der Waals surface area contributed by atoms with Crippen LogP contribution in [-0.4, -0.2) is 16.1 Å². The van der Waals surface area contributed by atoms with Crippen LogP contribution in [0.5, 0.6) is 0 Å². The molecule has 1 aromatic heterocycles. The highest BCUT2D eigenvalue weighted by atomic mass is 16.2. The molecule has 5 nitrogen and oxygen atoms in total. The van der Waals surface area contributed by atoms with Crippen LogP contribution < -0.4 is 10.9 Å². The van der Waals surface area contributed by atoms with Crippen molar-refractivity contribution in [1.29, 1.82) is 0 Å². The van der Waals surface area contributed by atoms with Gasteiger partial charge in [0.05, 0.1) is 5.69 Å². The van der Waals surface area contributed by atoms with Gasteiger partial charge in [0.1, 0.15) is 5.69 Å². The van der Waals surface area contributed by atoms with Crippen LogP contribution in [0, 0.1) is 0 Å². The average Bonchev–Trinajstić information content (AvgIpc) is 2.32. The largest absolute Gasteiger partial charge is 0.322 e. The van der Waals surface area contributed by atoms with Crippen molar-refractivity contribution >= 4 is 11.6 Å². The van der Waals surface area contributed by atoms with E-state index in [9.17, 15) is 9.59 Å². The molecule has 0 fully saturated rings. The van der Waals surface area contributed by atoms with Crippen molar-refractivity contribution in [3.05, 3.63) is 46.8 Å². The zero-order valence-corrected chi connectivity index (χ0v) is 9.23. The van der Waals surface area contributed by atoms with Gasteiger partial charge in [-0.3, -0.25) is 9.59 Å². The lowest BCUT2D eigenvalue weighted by Crippen LogP contribution is -2.18. The lowest BCUT2D eigenvalue weighted by molar-refractivity contribution is -0.114. The van der Waals surface area contributed by atoms with E-state index in [1.165, 1.54) is 6.92 Å². The molecule has 0 aliphatic rings.